The predicted molar refractivity (Wildman–Crippen MR) is 102 cm³/mol. The number of aromatic nitrogens is 2. The van der Waals surface area contributed by atoms with Gasteiger partial charge in [0.15, 0.2) is 11.5 Å². The van der Waals surface area contributed by atoms with Gasteiger partial charge in [-0.3, -0.25) is 4.79 Å². The lowest BCUT2D eigenvalue weighted by Gasteiger charge is -2.36. The Labute approximate surface area is 169 Å². The van der Waals surface area contributed by atoms with Crippen molar-refractivity contribution in [1.29, 1.82) is 0 Å². The largest absolute Gasteiger partial charge is 0.454 e. The highest BCUT2D eigenvalue weighted by Gasteiger charge is 2.51. The molecule has 0 aliphatic carbocycles. The Morgan fingerprint density at radius 3 is 2.72 bits per heavy atom. The van der Waals surface area contributed by atoms with Crippen LogP contribution >= 0.6 is 0 Å². The normalized spacial score (nSPS) is 22.6. The summed E-state index contributed by atoms with van der Waals surface area (Å²) >= 11 is 0. The number of hydrogen-bond acceptors (Lipinski definition) is 7. The van der Waals surface area contributed by atoms with Crippen LogP contribution in [0.2, 0.25) is 0 Å². The zero-order chi connectivity index (χ0) is 20.0. The molecular weight excluding hydrogens is 374 g/mol. The fourth-order valence-corrected chi connectivity index (χ4v) is 4.58. The van der Waals surface area contributed by atoms with Gasteiger partial charge in [-0.2, -0.15) is 0 Å². The third-order valence-electron chi connectivity index (χ3n) is 6.29. The molecule has 2 fully saturated rings. The molecule has 8 heteroatoms. The van der Waals surface area contributed by atoms with Crippen LogP contribution in [-0.4, -0.2) is 54.1 Å². The predicted octanol–water partition coefficient (Wildman–Crippen LogP) is 2.96. The number of benzene rings is 1. The molecule has 0 N–H and O–H groups in total. The molecule has 1 aromatic carbocycles. The van der Waals surface area contributed by atoms with Gasteiger partial charge in [-0.25, -0.2) is 0 Å². The Morgan fingerprint density at radius 1 is 1.17 bits per heavy atom. The summed E-state index contributed by atoms with van der Waals surface area (Å²) in [7, 11) is 0. The van der Waals surface area contributed by atoms with Crippen molar-refractivity contribution in [1.82, 2.24) is 15.1 Å². The van der Waals surface area contributed by atoms with E-state index in [1.54, 1.807) is 18.2 Å². The number of carbonyl (C=O) groups excluding carboxylic acids is 1. The van der Waals surface area contributed by atoms with Crippen molar-refractivity contribution in [2.24, 2.45) is 5.41 Å². The van der Waals surface area contributed by atoms with E-state index in [4.69, 9.17) is 18.6 Å². The van der Waals surface area contributed by atoms with E-state index in [2.05, 4.69) is 10.2 Å². The monoisotopic (exact) mass is 399 g/mol. The smallest absolute Gasteiger partial charge is 0.254 e. The Kier molecular flexibility index (Phi) is 4.46. The van der Waals surface area contributed by atoms with Crippen molar-refractivity contribution < 1.29 is 23.4 Å². The second-order valence-corrected chi connectivity index (χ2v) is 8.41. The van der Waals surface area contributed by atoms with E-state index >= 15 is 0 Å². The maximum atomic E-state index is 13.3. The minimum Gasteiger partial charge on any atom is -0.454 e. The molecule has 1 unspecified atom stereocenters. The first-order valence-corrected chi connectivity index (χ1v) is 10.2. The van der Waals surface area contributed by atoms with Crippen molar-refractivity contribution in [3.63, 3.8) is 0 Å². The van der Waals surface area contributed by atoms with Crippen molar-refractivity contribution in [2.75, 3.05) is 33.1 Å². The van der Waals surface area contributed by atoms with Gasteiger partial charge in [0.2, 0.25) is 18.6 Å². The average Bonchev–Trinajstić information content (AvgIpc) is 3.46. The molecule has 3 aliphatic rings. The maximum Gasteiger partial charge on any atom is 0.254 e. The Morgan fingerprint density at radius 2 is 1.97 bits per heavy atom. The van der Waals surface area contributed by atoms with E-state index in [-0.39, 0.29) is 30.0 Å². The molecule has 1 amide bonds. The molecule has 29 heavy (non-hydrogen) atoms. The molecule has 4 heterocycles. The van der Waals surface area contributed by atoms with E-state index in [0.29, 0.717) is 55.1 Å². The topological polar surface area (TPSA) is 86.9 Å². The molecule has 154 valence electrons. The number of likely N-dealkylation sites (tertiary alicyclic amines) is 1. The standard InChI is InChI=1S/C21H25N3O5/c1-13(2)18-22-23-19(29-18)15-10-24(11-21(15)5-7-26-8-6-21)20(25)14-3-4-16-17(9-14)28-12-27-16/h3-4,9,13,15H,5-8,10-12H2,1-2H3. The highest BCUT2D eigenvalue weighted by atomic mass is 16.7. The van der Waals surface area contributed by atoms with Gasteiger partial charge in [0.25, 0.3) is 5.91 Å². The number of ether oxygens (including phenoxy) is 3. The van der Waals surface area contributed by atoms with E-state index in [9.17, 15) is 4.79 Å². The molecule has 2 aromatic rings. The van der Waals surface area contributed by atoms with Crippen LogP contribution in [-0.2, 0) is 4.74 Å². The number of rotatable bonds is 3. The molecule has 0 bridgehead atoms. The highest BCUT2D eigenvalue weighted by Crippen LogP contribution is 2.49. The molecule has 1 aromatic heterocycles. The number of hydrogen-bond donors (Lipinski definition) is 0. The average molecular weight is 399 g/mol. The van der Waals surface area contributed by atoms with E-state index < -0.39 is 0 Å². The third-order valence-corrected chi connectivity index (χ3v) is 6.29. The zero-order valence-electron chi connectivity index (χ0n) is 16.7. The Balaban J connectivity index is 1.43. The summed E-state index contributed by atoms with van der Waals surface area (Å²) in [6.07, 6.45) is 1.75. The van der Waals surface area contributed by atoms with Crippen molar-refractivity contribution in [2.45, 2.75) is 38.5 Å². The summed E-state index contributed by atoms with van der Waals surface area (Å²) < 4.78 is 22.4. The first kappa shape index (κ1) is 18.4. The van der Waals surface area contributed by atoms with Crippen LogP contribution in [0.25, 0.3) is 0 Å². The zero-order valence-corrected chi connectivity index (χ0v) is 16.7. The van der Waals surface area contributed by atoms with Crippen molar-refractivity contribution in [3.05, 3.63) is 35.5 Å². The third kappa shape index (κ3) is 3.15. The summed E-state index contributed by atoms with van der Waals surface area (Å²) in [5.41, 5.74) is 0.510. The summed E-state index contributed by atoms with van der Waals surface area (Å²) in [6, 6.07) is 5.35. The van der Waals surface area contributed by atoms with Crippen LogP contribution < -0.4 is 9.47 Å². The van der Waals surface area contributed by atoms with Crippen LogP contribution in [0.3, 0.4) is 0 Å². The van der Waals surface area contributed by atoms with Gasteiger partial charge in [0.05, 0.1) is 5.92 Å². The van der Waals surface area contributed by atoms with Gasteiger partial charge < -0.3 is 23.5 Å². The van der Waals surface area contributed by atoms with E-state index in [1.165, 1.54) is 0 Å². The van der Waals surface area contributed by atoms with E-state index in [1.807, 2.05) is 18.7 Å². The summed E-state index contributed by atoms with van der Waals surface area (Å²) in [5, 5.41) is 8.57. The molecule has 3 aliphatic heterocycles. The molecule has 2 saturated heterocycles. The maximum absolute atomic E-state index is 13.3. The first-order chi connectivity index (χ1) is 14.1. The SMILES string of the molecule is CC(C)c1nnc(C2CN(C(=O)c3ccc4c(c3)OCO4)CC23CCOCC3)o1. The summed E-state index contributed by atoms with van der Waals surface area (Å²) in [4.78, 5) is 15.2. The van der Waals surface area contributed by atoms with Gasteiger partial charge >= 0.3 is 0 Å². The second-order valence-electron chi connectivity index (χ2n) is 8.41. The molecular formula is C21H25N3O5. The molecule has 0 saturated carbocycles. The summed E-state index contributed by atoms with van der Waals surface area (Å²) in [6.45, 7) is 6.86. The highest BCUT2D eigenvalue weighted by molar-refractivity contribution is 5.95. The fourth-order valence-electron chi connectivity index (χ4n) is 4.58. The van der Waals surface area contributed by atoms with Gasteiger partial charge in [-0.15, -0.1) is 10.2 Å². The number of nitrogens with zero attached hydrogens (tertiary/aromatic N) is 3. The second kappa shape index (κ2) is 7.02. The molecule has 1 spiro atoms. The fraction of sp³-hybridized carbons (Fsp3) is 0.571. The van der Waals surface area contributed by atoms with Crippen molar-refractivity contribution >= 4 is 5.91 Å². The van der Waals surface area contributed by atoms with Crippen LogP contribution in [0.15, 0.2) is 22.6 Å². The van der Waals surface area contributed by atoms with Crippen molar-refractivity contribution in [3.8, 4) is 11.5 Å². The van der Waals surface area contributed by atoms with Gasteiger partial charge in [-0.1, -0.05) is 13.8 Å². The Bertz CT molecular complexity index is 919. The van der Waals surface area contributed by atoms with Crippen LogP contribution in [0.4, 0.5) is 0 Å². The quantitative estimate of drug-likeness (QED) is 0.784. The number of fused-ring (bicyclic) bond motifs is 1. The summed E-state index contributed by atoms with van der Waals surface area (Å²) in [5.74, 6) is 2.75. The van der Waals surface area contributed by atoms with Crippen LogP contribution in [0.5, 0.6) is 11.5 Å². The number of carbonyl (C=O) groups is 1. The lowest BCUT2D eigenvalue weighted by atomic mass is 9.72. The van der Waals surface area contributed by atoms with E-state index in [0.717, 1.165) is 12.8 Å². The molecule has 1 atom stereocenters. The molecule has 5 rings (SSSR count). The van der Waals surface area contributed by atoms with Gasteiger partial charge in [-0.05, 0) is 31.0 Å². The van der Waals surface area contributed by atoms with Crippen LogP contribution in [0, 0.1) is 5.41 Å². The minimum absolute atomic E-state index is 0.0136. The van der Waals surface area contributed by atoms with Gasteiger partial charge in [0.1, 0.15) is 0 Å². The van der Waals surface area contributed by atoms with Gasteiger partial charge in [0, 0.05) is 43.2 Å². The minimum atomic E-state index is -0.0922. The Hall–Kier alpha value is -2.61. The lowest BCUT2D eigenvalue weighted by molar-refractivity contribution is 0.00888. The molecule has 0 radical (unpaired) electrons. The molecule has 8 nitrogen and oxygen atoms in total. The number of amides is 1. The lowest BCUT2D eigenvalue weighted by Crippen LogP contribution is -2.37. The van der Waals surface area contributed by atoms with Crippen LogP contribution in [0.1, 0.15) is 60.7 Å². The first-order valence-electron chi connectivity index (χ1n) is 10.2.